The Morgan fingerprint density at radius 1 is 1.02 bits per heavy atom. The van der Waals surface area contributed by atoms with Crippen molar-refractivity contribution in [3.8, 4) is 5.75 Å². The van der Waals surface area contributed by atoms with Crippen molar-refractivity contribution in [2.75, 3.05) is 85.0 Å². The van der Waals surface area contributed by atoms with E-state index in [4.69, 9.17) is 18.9 Å². The fourth-order valence-corrected chi connectivity index (χ4v) is 13.7. The third-order valence-electron chi connectivity index (χ3n) is 16.2. The summed E-state index contributed by atoms with van der Waals surface area (Å²) in [5.74, 6) is -5.96. The van der Waals surface area contributed by atoms with Crippen LogP contribution >= 0.6 is 0 Å². The molecule has 1 aromatic heterocycles. The molecule has 1 aliphatic carbocycles. The van der Waals surface area contributed by atoms with Crippen molar-refractivity contribution in [1.29, 1.82) is 0 Å². The highest BCUT2D eigenvalue weighted by atomic mass is 19.3. The SMILES string of the molecule is CC[C@]12C=CCN3CC[C@@]4(c5cc([C@@]6(C(=O)OC)C[C@H]7C[C@@H](C(C)(F)F)CN(CCc8c6[nH]c6ccc(N(C)C)cc86)C7)c(OC)cc5N(C)[C@H]4[C@@](O)(C(=O)OC)[C@@H]1OC(C)=O)[C@@H]32. The van der Waals surface area contributed by atoms with Gasteiger partial charge in [-0.25, -0.2) is 13.6 Å². The number of carbonyl (C=O) groups excluding carboxylic acids is 3. The molecule has 9 rings (SSSR count). The zero-order valence-corrected chi connectivity index (χ0v) is 37.8. The zero-order valence-electron chi connectivity index (χ0n) is 37.8. The lowest BCUT2D eigenvalue weighted by molar-refractivity contribution is -0.228. The number of aromatic nitrogens is 1. The summed E-state index contributed by atoms with van der Waals surface area (Å²) in [6.07, 6.45) is 4.48. The topological polar surface area (TPSA) is 137 Å². The average Bonchev–Trinajstić information content (AvgIpc) is 3.92. The monoisotopic (exact) mass is 873 g/mol. The van der Waals surface area contributed by atoms with Crippen LogP contribution in [0.4, 0.5) is 20.2 Å². The van der Waals surface area contributed by atoms with Crippen LogP contribution in [0.2, 0.25) is 0 Å². The molecule has 6 heterocycles. The van der Waals surface area contributed by atoms with Gasteiger partial charge in [-0.05, 0) is 86.9 Å². The molecule has 2 N–H and O–H groups in total. The van der Waals surface area contributed by atoms with E-state index in [-0.39, 0.29) is 31.3 Å². The van der Waals surface area contributed by atoms with Gasteiger partial charge in [0.15, 0.2) is 6.10 Å². The van der Waals surface area contributed by atoms with Crippen LogP contribution < -0.4 is 14.5 Å². The number of hydrogen-bond acceptors (Lipinski definition) is 12. The molecule has 13 nitrogen and oxygen atoms in total. The lowest BCUT2D eigenvalue weighted by Crippen LogP contribution is -2.81. The molecule has 2 aromatic carbocycles. The number of rotatable bonds is 8. The van der Waals surface area contributed by atoms with Crippen LogP contribution in [0.1, 0.15) is 68.8 Å². The highest BCUT2D eigenvalue weighted by molar-refractivity contribution is 5.96. The van der Waals surface area contributed by atoms with Crippen LogP contribution in [0.3, 0.4) is 0 Å². The van der Waals surface area contributed by atoms with E-state index in [1.54, 1.807) is 7.11 Å². The molecule has 5 aliphatic heterocycles. The van der Waals surface area contributed by atoms with Crippen LogP contribution in [-0.4, -0.2) is 143 Å². The van der Waals surface area contributed by atoms with Crippen molar-refractivity contribution in [3.63, 3.8) is 0 Å². The molecule has 2 bridgehead atoms. The molecule has 3 aromatic rings. The summed E-state index contributed by atoms with van der Waals surface area (Å²) in [7, 11) is 9.91. The molecule has 1 saturated carbocycles. The number of piperidine rings is 1. The van der Waals surface area contributed by atoms with Crippen molar-refractivity contribution in [3.05, 3.63) is 64.9 Å². The normalized spacial score (nSPS) is 34.4. The molecule has 0 radical (unpaired) electrons. The number of anilines is 2. The number of alkyl halides is 2. The minimum Gasteiger partial charge on any atom is -0.496 e. The first kappa shape index (κ1) is 43.5. The van der Waals surface area contributed by atoms with E-state index >= 15 is 13.6 Å². The largest absolute Gasteiger partial charge is 0.496 e. The van der Waals surface area contributed by atoms with Gasteiger partial charge in [-0.3, -0.25) is 14.5 Å². The number of ether oxygens (including phenoxy) is 4. The molecule has 340 valence electrons. The van der Waals surface area contributed by atoms with Gasteiger partial charge >= 0.3 is 17.9 Å². The molecule has 1 unspecified atom stereocenters. The molecular formula is C48H61F2N5O8. The number of aromatic amines is 1. The Balaban J connectivity index is 1.36. The predicted octanol–water partition coefficient (Wildman–Crippen LogP) is 5.19. The van der Waals surface area contributed by atoms with Crippen molar-refractivity contribution in [2.24, 2.45) is 17.3 Å². The second-order valence-corrected chi connectivity index (χ2v) is 19.4. The minimum atomic E-state index is -2.94. The molecular weight excluding hydrogens is 813 g/mol. The van der Waals surface area contributed by atoms with E-state index in [9.17, 15) is 14.7 Å². The van der Waals surface area contributed by atoms with Gasteiger partial charge in [0.1, 0.15) is 11.2 Å². The Bertz CT molecular complexity index is 2400. The van der Waals surface area contributed by atoms with Gasteiger partial charge in [0.05, 0.1) is 27.4 Å². The number of nitrogens with zero attached hydrogens (tertiary/aromatic N) is 4. The minimum absolute atomic E-state index is 0.141. The Morgan fingerprint density at radius 2 is 1.76 bits per heavy atom. The van der Waals surface area contributed by atoms with E-state index in [1.165, 1.54) is 21.1 Å². The number of aliphatic hydroxyl groups is 1. The zero-order chi connectivity index (χ0) is 45.2. The number of esters is 3. The maximum Gasteiger partial charge on any atom is 0.344 e. The van der Waals surface area contributed by atoms with Gasteiger partial charge < -0.3 is 43.7 Å². The molecule has 0 amide bonds. The summed E-state index contributed by atoms with van der Waals surface area (Å²) >= 11 is 0. The smallest absolute Gasteiger partial charge is 0.344 e. The van der Waals surface area contributed by atoms with E-state index < -0.39 is 63.7 Å². The second kappa shape index (κ2) is 14.9. The summed E-state index contributed by atoms with van der Waals surface area (Å²) in [5.41, 5.74) is -0.659. The third kappa shape index (κ3) is 5.90. The van der Waals surface area contributed by atoms with Crippen LogP contribution in [0.5, 0.6) is 5.75 Å². The van der Waals surface area contributed by atoms with Gasteiger partial charge in [0, 0.05) is 117 Å². The maximum absolute atomic E-state index is 15.5. The highest BCUT2D eigenvalue weighted by Crippen LogP contribution is 2.68. The number of likely N-dealkylation sites (N-methyl/N-ethyl adjacent to an activating group) is 1. The van der Waals surface area contributed by atoms with Crippen molar-refractivity contribution >= 4 is 40.2 Å². The standard InChI is InChI=1S/C48H61F2N5O8/c1-10-45-15-11-17-55-19-16-46(39(45)55)33-22-34(37(60-7)23-36(33)53(6)40(46)48(59,43(58)62-9)41(45)63-27(2)56)47(42(57)61-8)24-28-20-29(44(3,49)50)26-54(25-28)18-14-31-32-21-30(52(4)5)12-13-35(32)51-38(31)47/h11-13,15,21-23,28-29,39-41,51,59H,10,14,16-20,24-26H2,1-9H3/t28-,29-,39+,40-,41-,45-,46-,47+,48+/m1/s1. The summed E-state index contributed by atoms with van der Waals surface area (Å²) < 4.78 is 54.8. The third-order valence-corrected chi connectivity index (χ3v) is 16.2. The van der Waals surface area contributed by atoms with Gasteiger partial charge in [-0.15, -0.1) is 0 Å². The molecule has 2 saturated heterocycles. The van der Waals surface area contributed by atoms with Crippen molar-refractivity contribution in [2.45, 2.75) is 93.4 Å². The fourth-order valence-electron chi connectivity index (χ4n) is 13.7. The van der Waals surface area contributed by atoms with E-state index in [2.05, 4.69) is 20.9 Å². The van der Waals surface area contributed by atoms with Gasteiger partial charge in [-0.1, -0.05) is 19.1 Å². The molecule has 6 aliphatic rings. The summed E-state index contributed by atoms with van der Waals surface area (Å²) in [6, 6.07) is 8.70. The first-order chi connectivity index (χ1) is 29.9. The lowest BCUT2D eigenvalue weighted by atomic mass is 9.47. The first-order valence-corrected chi connectivity index (χ1v) is 22.2. The van der Waals surface area contributed by atoms with Crippen LogP contribution in [0.15, 0.2) is 42.5 Å². The van der Waals surface area contributed by atoms with Gasteiger partial charge in [0.2, 0.25) is 11.5 Å². The Labute approximate surface area is 367 Å². The first-order valence-electron chi connectivity index (χ1n) is 22.2. The number of carbonyl (C=O) groups is 3. The Hall–Kier alpha value is -4.73. The lowest BCUT2D eigenvalue weighted by Gasteiger charge is -2.63. The number of H-pyrrole nitrogens is 1. The molecule has 63 heavy (non-hydrogen) atoms. The number of hydrogen-bond donors (Lipinski definition) is 2. The van der Waals surface area contributed by atoms with Crippen molar-refractivity contribution in [1.82, 2.24) is 14.8 Å². The number of fused-ring (bicyclic) bond motifs is 6. The second-order valence-electron chi connectivity index (χ2n) is 19.4. The summed E-state index contributed by atoms with van der Waals surface area (Å²) in [5, 5.41) is 14.3. The van der Waals surface area contributed by atoms with Gasteiger partial charge in [0.25, 0.3) is 0 Å². The summed E-state index contributed by atoms with van der Waals surface area (Å²) in [6.45, 7) is 6.75. The van der Waals surface area contributed by atoms with Crippen LogP contribution in [0.25, 0.3) is 10.9 Å². The van der Waals surface area contributed by atoms with Gasteiger partial charge in [-0.2, -0.15) is 0 Å². The van der Waals surface area contributed by atoms with Crippen molar-refractivity contribution < 1.29 is 47.2 Å². The Kier molecular flexibility index (Phi) is 10.3. The number of nitrogens with one attached hydrogen (secondary N) is 1. The molecule has 1 spiro atoms. The van der Waals surface area contributed by atoms with Crippen LogP contribution in [0, 0.1) is 17.3 Å². The average molecular weight is 874 g/mol. The number of halogens is 2. The maximum atomic E-state index is 15.5. The predicted molar refractivity (Wildman–Crippen MR) is 234 cm³/mol. The quantitative estimate of drug-likeness (QED) is 0.175. The molecule has 3 fully saturated rings. The van der Waals surface area contributed by atoms with E-state index in [1.807, 2.05) is 74.3 Å². The number of methoxy groups -OCH3 is 3. The summed E-state index contributed by atoms with van der Waals surface area (Å²) in [4.78, 5) is 55.1. The van der Waals surface area contributed by atoms with E-state index in [0.29, 0.717) is 68.1 Å². The molecule has 15 heteroatoms. The molecule has 10 atom stereocenters. The highest BCUT2D eigenvalue weighted by Gasteiger charge is 2.80. The van der Waals surface area contributed by atoms with E-state index in [0.717, 1.165) is 34.6 Å². The Morgan fingerprint density at radius 3 is 2.41 bits per heavy atom. The number of benzene rings is 2. The van der Waals surface area contributed by atoms with Crippen LogP contribution in [-0.2, 0) is 45.8 Å². The fraction of sp³-hybridized carbons (Fsp3) is 0.604.